The molecule has 2 atom stereocenters. The fourth-order valence-electron chi connectivity index (χ4n) is 4.09. The third-order valence-corrected chi connectivity index (χ3v) is 7.34. The number of para-hydroxylation sites is 1. The van der Waals surface area contributed by atoms with Gasteiger partial charge in [0, 0.05) is 26.2 Å². The highest BCUT2D eigenvalue weighted by molar-refractivity contribution is 7.89. The van der Waals surface area contributed by atoms with Gasteiger partial charge in [0.25, 0.3) is 0 Å². The number of hydrogen-bond acceptors (Lipinski definition) is 5. The van der Waals surface area contributed by atoms with Gasteiger partial charge in [0.2, 0.25) is 10.0 Å². The molecule has 7 heteroatoms. The molecule has 1 aromatic carbocycles. The average molecular weight is 396 g/mol. The lowest BCUT2D eigenvalue weighted by Gasteiger charge is -2.32. The Balaban J connectivity index is 1.95. The molecule has 27 heavy (non-hydrogen) atoms. The number of hydrogen-bond donors (Lipinski definition) is 0. The van der Waals surface area contributed by atoms with Crippen molar-refractivity contribution in [3.63, 3.8) is 0 Å². The first-order valence-corrected chi connectivity index (χ1v) is 11.4. The number of ether oxygens (including phenoxy) is 1. The van der Waals surface area contributed by atoms with Gasteiger partial charge in [-0.2, -0.15) is 4.31 Å². The van der Waals surface area contributed by atoms with E-state index in [1.54, 1.807) is 22.5 Å². The second-order valence-electron chi connectivity index (χ2n) is 8.36. The molecule has 2 aliphatic heterocycles. The zero-order valence-corrected chi connectivity index (χ0v) is 17.8. The standard InChI is InChI=1S/C20H33N3O3S/c1-16(2)15-22-11-9-17-18(10-12-22)26-19-7-5-6-8-20(19)27(24,25)23(17)14-13-21(3)4/h5-8,16-18H,9-15H2,1-4H3/t17-,18-/m1/s1. The lowest BCUT2D eigenvalue weighted by atomic mass is 10.1. The minimum atomic E-state index is -3.58. The van der Waals surface area contributed by atoms with Gasteiger partial charge < -0.3 is 14.5 Å². The fourth-order valence-corrected chi connectivity index (χ4v) is 5.89. The second-order valence-corrected chi connectivity index (χ2v) is 10.2. The van der Waals surface area contributed by atoms with Crippen molar-refractivity contribution < 1.29 is 13.2 Å². The molecular weight excluding hydrogens is 362 g/mol. The topological polar surface area (TPSA) is 53.1 Å². The molecule has 6 nitrogen and oxygen atoms in total. The molecule has 1 fully saturated rings. The van der Waals surface area contributed by atoms with E-state index >= 15 is 0 Å². The molecule has 0 aliphatic carbocycles. The first-order chi connectivity index (χ1) is 12.8. The predicted molar refractivity (Wildman–Crippen MR) is 108 cm³/mol. The average Bonchev–Trinajstić information content (AvgIpc) is 2.82. The highest BCUT2D eigenvalue weighted by atomic mass is 32.2. The van der Waals surface area contributed by atoms with E-state index in [0.717, 1.165) is 32.5 Å². The van der Waals surface area contributed by atoms with E-state index in [9.17, 15) is 8.42 Å². The predicted octanol–water partition coefficient (Wildman–Crippen LogP) is 2.12. The van der Waals surface area contributed by atoms with E-state index in [1.165, 1.54) is 0 Å². The van der Waals surface area contributed by atoms with Gasteiger partial charge >= 0.3 is 0 Å². The van der Waals surface area contributed by atoms with Crippen LogP contribution in [0.1, 0.15) is 26.7 Å². The molecular formula is C20H33N3O3S. The van der Waals surface area contributed by atoms with E-state index in [0.29, 0.717) is 29.7 Å². The van der Waals surface area contributed by atoms with Gasteiger partial charge in [-0.25, -0.2) is 8.42 Å². The van der Waals surface area contributed by atoms with Crippen LogP contribution in [0.15, 0.2) is 29.2 Å². The highest BCUT2D eigenvalue weighted by Gasteiger charge is 2.43. The number of sulfonamides is 1. The van der Waals surface area contributed by atoms with Crippen LogP contribution in [0.4, 0.5) is 0 Å². The van der Waals surface area contributed by atoms with Crippen molar-refractivity contribution in [3.8, 4) is 5.75 Å². The van der Waals surface area contributed by atoms with Crippen LogP contribution >= 0.6 is 0 Å². The molecule has 0 aromatic heterocycles. The molecule has 0 N–H and O–H groups in total. The molecule has 0 saturated carbocycles. The summed E-state index contributed by atoms with van der Waals surface area (Å²) >= 11 is 0. The molecule has 0 radical (unpaired) electrons. The number of likely N-dealkylation sites (N-methyl/N-ethyl adjacent to an activating group) is 1. The van der Waals surface area contributed by atoms with Crippen molar-refractivity contribution in [1.82, 2.24) is 14.1 Å². The van der Waals surface area contributed by atoms with E-state index in [4.69, 9.17) is 4.74 Å². The Kier molecular flexibility index (Phi) is 6.46. The van der Waals surface area contributed by atoms with Crippen molar-refractivity contribution in [2.24, 2.45) is 5.92 Å². The van der Waals surface area contributed by atoms with Crippen molar-refractivity contribution in [2.45, 2.75) is 43.7 Å². The SMILES string of the molecule is CC(C)CN1CC[C@@H]2[C@@H](CC1)Oc1ccccc1S(=O)(=O)N2CCN(C)C. The maximum atomic E-state index is 13.5. The third-order valence-electron chi connectivity index (χ3n) is 5.38. The lowest BCUT2D eigenvalue weighted by molar-refractivity contribution is 0.110. The normalized spacial score (nSPS) is 26.1. The van der Waals surface area contributed by atoms with Crippen LogP contribution in [0.3, 0.4) is 0 Å². The molecule has 0 unspecified atom stereocenters. The largest absolute Gasteiger partial charge is 0.487 e. The zero-order chi connectivity index (χ0) is 19.6. The van der Waals surface area contributed by atoms with Gasteiger partial charge in [0.1, 0.15) is 16.7 Å². The summed E-state index contributed by atoms with van der Waals surface area (Å²) in [6.07, 6.45) is 1.54. The van der Waals surface area contributed by atoms with Crippen LogP contribution in [0.5, 0.6) is 5.75 Å². The third kappa shape index (κ3) is 4.65. The summed E-state index contributed by atoms with van der Waals surface area (Å²) < 4.78 is 35.0. The molecule has 0 amide bonds. The van der Waals surface area contributed by atoms with E-state index < -0.39 is 10.0 Å². The summed E-state index contributed by atoms with van der Waals surface area (Å²) in [6, 6.07) is 6.95. The molecule has 0 spiro atoms. The number of likely N-dealkylation sites (tertiary alicyclic amines) is 1. The number of fused-ring (bicyclic) bond motifs is 2. The Hall–Kier alpha value is -1.15. The van der Waals surface area contributed by atoms with Gasteiger partial charge in [-0.15, -0.1) is 0 Å². The maximum Gasteiger partial charge on any atom is 0.247 e. The molecule has 2 heterocycles. The molecule has 0 bridgehead atoms. The molecule has 3 rings (SSSR count). The Morgan fingerprint density at radius 1 is 1.19 bits per heavy atom. The first kappa shape index (κ1) is 20.6. The van der Waals surface area contributed by atoms with Crippen molar-refractivity contribution in [2.75, 3.05) is 46.8 Å². The Labute approximate surface area is 164 Å². The van der Waals surface area contributed by atoms with Gasteiger partial charge in [0.05, 0.1) is 6.04 Å². The van der Waals surface area contributed by atoms with E-state index in [1.807, 2.05) is 25.1 Å². The minimum Gasteiger partial charge on any atom is -0.487 e. The smallest absolute Gasteiger partial charge is 0.247 e. The van der Waals surface area contributed by atoms with Crippen LogP contribution in [-0.4, -0.2) is 81.5 Å². The quantitative estimate of drug-likeness (QED) is 0.764. The van der Waals surface area contributed by atoms with Crippen molar-refractivity contribution >= 4 is 10.0 Å². The van der Waals surface area contributed by atoms with Crippen molar-refractivity contribution in [3.05, 3.63) is 24.3 Å². The number of nitrogens with zero attached hydrogens (tertiary/aromatic N) is 3. The van der Waals surface area contributed by atoms with Crippen LogP contribution in [0.25, 0.3) is 0 Å². The fraction of sp³-hybridized carbons (Fsp3) is 0.700. The van der Waals surface area contributed by atoms with Crippen LogP contribution in [0, 0.1) is 5.92 Å². The van der Waals surface area contributed by atoms with Gasteiger partial charge in [-0.05, 0) is 51.5 Å². The second kappa shape index (κ2) is 8.47. The highest BCUT2D eigenvalue weighted by Crippen LogP contribution is 2.36. The van der Waals surface area contributed by atoms with Gasteiger partial charge in [-0.3, -0.25) is 0 Å². The minimum absolute atomic E-state index is 0.109. The molecule has 152 valence electrons. The van der Waals surface area contributed by atoms with Crippen LogP contribution < -0.4 is 4.74 Å². The summed E-state index contributed by atoms with van der Waals surface area (Å²) in [5.41, 5.74) is 0. The molecule has 1 saturated heterocycles. The Morgan fingerprint density at radius 2 is 1.89 bits per heavy atom. The summed E-state index contributed by atoms with van der Waals surface area (Å²) in [5, 5.41) is 0. The summed E-state index contributed by atoms with van der Waals surface area (Å²) in [6.45, 7) is 8.53. The molecule has 2 aliphatic rings. The van der Waals surface area contributed by atoms with Crippen LogP contribution in [0.2, 0.25) is 0 Å². The lowest BCUT2D eigenvalue weighted by Crippen LogP contribution is -2.49. The molecule has 1 aromatic rings. The maximum absolute atomic E-state index is 13.5. The van der Waals surface area contributed by atoms with Gasteiger partial charge in [0.15, 0.2) is 0 Å². The summed E-state index contributed by atoms with van der Waals surface area (Å²) in [5.74, 6) is 1.10. The number of benzene rings is 1. The summed E-state index contributed by atoms with van der Waals surface area (Å²) in [4.78, 5) is 4.78. The summed E-state index contributed by atoms with van der Waals surface area (Å²) in [7, 11) is 0.373. The number of rotatable bonds is 5. The van der Waals surface area contributed by atoms with Gasteiger partial charge in [-0.1, -0.05) is 26.0 Å². The monoisotopic (exact) mass is 395 g/mol. The van der Waals surface area contributed by atoms with E-state index in [-0.39, 0.29) is 12.1 Å². The Morgan fingerprint density at radius 3 is 2.59 bits per heavy atom. The van der Waals surface area contributed by atoms with E-state index in [2.05, 4.69) is 18.7 Å². The van der Waals surface area contributed by atoms with Crippen molar-refractivity contribution in [1.29, 1.82) is 0 Å². The first-order valence-electron chi connectivity index (χ1n) is 9.93. The zero-order valence-electron chi connectivity index (χ0n) is 17.0. The van der Waals surface area contributed by atoms with Crippen LogP contribution in [-0.2, 0) is 10.0 Å². The Bertz CT molecular complexity index is 736.